The Morgan fingerprint density at radius 1 is 1.21 bits per heavy atom. The van der Waals surface area contributed by atoms with Gasteiger partial charge in [0.2, 0.25) is 0 Å². The highest BCUT2D eigenvalue weighted by Gasteiger charge is 2.12. The molecule has 0 spiro atoms. The first-order chi connectivity index (χ1) is 8.88. The Morgan fingerprint density at radius 3 is 2.63 bits per heavy atom. The number of ether oxygens (including phenoxy) is 1. The summed E-state index contributed by atoms with van der Waals surface area (Å²) < 4.78 is 7.90. The zero-order valence-corrected chi connectivity index (χ0v) is 13.4. The summed E-state index contributed by atoms with van der Waals surface area (Å²) in [6.07, 6.45) is 2.05. The van der Waals surface area contributed by atoms with Gasteiger partial charge >= 0.3 is 0 Å². The Balaban J connectivity index is 2.07. The van der Waals surface area contributed by atoms with E-state index in [1.54, 1.807) is 0 Å². The quantitative estimate of drug-likeness (QED) is 0.602. The van der Waals surface area contributed by atoms with Gasteiger partial charge in [0.1, 0.15) is 14.6 Å². The molecule has 2 rings (SSSR count). The van der Waals surface area contributed by atoms with E-state index >= 15 is 0 Å². The number of benzene rings is 1. The summed E-state index contributed by atoms with van der Waals surface area (Å²) in [6.45, 7) is 10.6. The van der Waals surface area contributed by atoms with Gasteiger partial charge in [0.15, 0.2) is 0 Å². The van der Waals surface area contributed by atoms with Crippen molar-refractivity contribution in [1.82, 2.24) is 4.57 Å². The van der Waals surface area contributed by atoms with Crippen molar-refractivity contribution in [3.8, 4) is 0 Å². The Bertz CT molecular complexity index is 571. The smallest absolute Gasteiger partial charge is 0.122 e. The molecule has 0 aliphatic rings. The standard InChI is InChI=1S/C15H22BNOSi/c1-12-5-6-13-7-8-17(15(13)14(12)16)11-18-9-10-19(2,3)4/h5-8H,9-11H2,1-4H3. The predicted molar refractivity (Wildman–Crippen MR) is 86.2 cm³/mol. The molecular weight excluding hydrogens is 249 g/mol. The summed E-state index contributed by atoms with van der Waals surface area (Å²) in [5, 5.41) is 1.18. The molecule has 19 heavy (non-hydrogen) atoms. The highest BCUT2D eigenvalue weighted by atomic mass is 28.3. The minimum absolute atomic E-state index is 0.585. The molecule has 0 N–H and O–H groups in total. The lowest BCUT2D eigenvalue weighted by molar-refractivity contribution is 0.0903. The monoisotopic (exact) mass is 271 g/mol. The Kier molecular flexibility index (Phi) is 4.21. The number of rotatable bonds is 5. The molecule has 0 saturated heterocycles. The molecule has 0 aliphatic heterocycles. The van der Waals surface area contributed by atoms with Crippen molar-refractivity contribution in [2.24, 2.45) is 0 Å². The van der Waals surface area contributed by atoms with Crippen LogP contribution in [0.15, 0.2) is 24.4 Å². The summed E-state index contributed by atoms with van der Waals surface area (Å²) >= 11 is 0. The van der Waals surface area contributed by atoms with E-state index in [9.17, 15) is 0 Å². The van der Waals surface area contributed by atoms with Gasteiger partial charge in [-0.3, -0.25) is 0 Å². The molecule has 2 aromatic rings. The number of aryl methyl sites for hydroxylation is 1. The van der Waals surface area contributed by atoms with Gasteiger partial charge in [0, 0.05) is 26.4 Å². The van der Waals surface area contributed by atoms with Crippen LogP contribution in [0.4, 0.5) is 0 Å². The molecule has 1 heterocycles. The molecule has 100 valence electrons. The lowest BCUT2D eigenvalue weighted by Gasteiger charge is -2.16. The van der Waals surface area contributed by atoms with Crippen LogP contribution in [0.3, 0.4) is 0 Å². The Morgan fingerprint density at radius 2 is 1.95 bits per heavy atom. The third-order valence-electron chi connectivity index (χ3n) is 3.41. The highest BCUT2D eigenvalue weighted by molar-refractivity contribution is 6.76. The van der Waals surface area contributed by atoms with Crippen LogP contribution >= 0.6 is 0 Å². The van der Waals surface area contributed by atoms with Crippen molar-refractivity contribution in [1.29, 1.82) is 0 Å². The summed E-state index contributed by atoms with van der Waals surface area (Å²) in [4.78, 5) is 0. The van der Waals surface area contributed by atoms with Crippen molar-refractivity contribution >= 4 is 32.3 Å². The second-order valence-corrected chi connectivity index (χ2v) is 12.0. The van der Waals surface area contributed by atoms with Crippen LogP contribution in [0.25, 0.3) is 10.9 Å². The van der Waals surface area contributed by atoms with E-state index in [0.717, 1.165) is 23.1 Å². The van der Waals surface area contributed by atoms with Crippen molar-refractivity contribution in [2.75, 3.05) is 6.61 Å². The average molecular weight is 271 g/mol. The van der Waals surface area contributed by atoms with E-state index < -0.39 is 8.07 Å². The third kappa shape index (κ3) is 3.51. The van der Waals surface area contributed by atoms with Crippen LogP contribution in [0.2, 0.25) is 25.7 Å². The molecule has 0 aliphatic carbocycles. The van der Waals surface area contributed by atoms with E-state index in [1.807, 2.05) is 6.92 Å². The molecular formula is C15H22BNOSi. The fourth-order valence-corrected chi connectivity index (χ4v) is 2.83. The van der Waals surface area contributed by atoms with Crippen molar-refractivity contribution in [3.05, 3.63) is 30.0 Å². The van der Waals surface area contributed by atoms with E-state index in [0.29, 0.717) is 6.73 Å². The molecule has 2 nitrogen and oxygen atoms in total. The van der Waals surface area contributed by atoms with E-state index in [-0.39, 0.29) is 0 Å². The van der Waals surface area contributed by atoms with Crippen LogP contribution in [0, 0.1) is 6.92 Å². The van der Waals surface area contributed by atoms with Crippen molar-refractivity contribution in [3.63, 3.8) is 0 Å². The molecule has 0 bridgehead atoms. The maximum atomic E-state index is 6.17. The first-order valence-electron chi connectivity index (χ1n) is 6.80. The second-order valence-electron chi connectivity index (χ2n) is 6.37. The summed E-state index contributed by atoms with van der Waals surface area (Å²) in [5.41, 5.74) is 3.07. The topological polar surface area (TPSA) is 14.2 Å². The number of hydrogen-bond acceptors (Lipinski definition) is 1. The SMILES string of the molecule is [B]c1c(C)ccc2ccn(COCC[Si](C)(C)C)c12. The zero-order chi connectivity index (χ0) is 14.0. The first-order valence-corrected chi connectivity index (χ1v) is 10.5. The molecule has 0 fully saturated rings. The fourth-order valence-electron chi connectivity index (χ4n) is 2.07. The van der Waals surface area contributed by atoms with Gasteiger partial charge in [0.25, 0.3) is 0 Å². The normalized spacial score (nSPS) is 12.2. The third-order valence-corrected chi connectivity index (χ3v) is 5.12. The van der Waals surface area contributed by atoms with Gasteiger partial charge in [-0.25, -0.2) is 0 Å². The largest absolute Gasteiger partial charge is 0.361 e. The summed E-state index contributed by atoms with van der Waals surface area (Å²) in [6, 6.07) is 7.46. The molecule has 0 atom stereocenters. The molecule has 4 heteroatoms. The van der Waals surface area contributed by atoms with E-state index in [2.05, 4.69) is 48.6 Å². The van der Waals surface area contributed by atoms with Crippen molar-refractivity contribution in [2.45, 2.75) is 39.3 Å². The van der Waals surface area contributed by atoms with Gasteiger partial charge in [-0.15, -0.1) is 0 Å². The minimum atomic E-state index is -1.01. The maximum absolute atomic E-state index is 6.17. The average Bonchev–Trinajstić information content (AvgIpc) is 2.72. The zero-order valence-electron chi connectivity index (χ0n) is 12.4. The second kappa shape index (κ2) is 5.55. The van der Waals surface area contributed by atoms with Gasteiger partial charge in [-0.2, -0.15) is 0 Å². The Labute approximate surface area is 118 Å². The van der Waals surface area contributed by atoms with Crippen LogP contribution in [0.5, 0.6) is 0 Å². The van der Waals surface area contributed by atoms with Crippen LogP contribution < -0.4 is 5.46 Å². The molecule has 0 unspecified atom stereocenters. The molecule has 1 aromatic heterocycles. The van der Waals surface area contributed by atoms with Crippen LogP contribution in [-0.2, 0) is 11.5 Å². The van der Waals surface area contributed by atoms with E-state index in [1.165, 1.54) is 11.4 Å². The lowest BCUT2D eigenvalue weighted by atomic mass is 9.89. The van der Waals surface area contributed by atoms with Crippen LogP contribution in [0.1, 0.15) is 5.56 Å². The summed E-state index contributed by atoms with van der Waals surface area (Å²) in [7, 11) is 5.16. The lowest BCUT2D eigenvalue weighted by Crippen LogP contribution is -2.22. The minimum Gasteiger partial charge on any atom is -0.361 e. The van der Waals surface area contributed by atoms with Crippen LogP contribution in [-0.4, -0.2) is 27.1 Å². The fraction of sp³-hybridized carbons (Fsp3) is 0.467. The summed E-state index contributed by atoms with van der Waals surface area (Å²) in [5.74, 6) is 0. The predicted octanol–water partition coefficient (Wildman–Crippen LogP) is 3.06. The van der Waals surface area contributed by atoms with Gasteiger partial charge in [0.05, 0.1) is 0 Å². The van der Waals surface area contributed by atoms with Crippen molar-refractivity contribution < 1.29 is 4.74 Å². The van der Waals surface area contributed by atoms with Gasteiger partial charge in [-0.05, 0) is 24.4 Å². The molecule has 0 amide bonds. The molecule has 1 aromatic carbocycles. The number of aromatic nitrogens is 1. The Hall–Kier alpha value is -0.998. The number of fused-ring (bicyclic) bond motifs is 1. The van der Waals surface area contributed by atoms with Gasteiger partial charge in [-0.1, -0.05) is 42.8 Å². The van der Waals surface area contributed by atoms with Gasteiger partial charge < -0.3 is 9.30 Å². The maximum Gasteiger partial charge on any atom is 0.122 e. The highest BCUT2D eigenvalue weighted by Crippen LogP contribution is 2.15. The first kappa shape index (κ1) is 14.4. The molecule has 2 radical (unpaired) electrons. The molecule has 0 saturated carbocycles. The van der Waals surface area contributed by atoms with E-state index in [4.69, 9.17) is 12.6 Å². The number of hydrogen-bond donors (Lipinski definition) is 0. The number of nitrogens with zero attached hydrogens (tertiary/aromatic N) is 1.